The molecule has 0 saturated carbocycles. The third-order valence-corrected chi connectivity index (χ3v) is 5.51. The second-order valence-electron chi connectivity index (χ2n) is 9.60. The minimum atomic E-state index is -0.332. The minimum Gasteiger partial charge on any atom is -0.488 e. The average molecular weight is 494 g/mol. The van der Waals surface area contributed by atoms with Crippen LogP contribution in [0.2, 0.25) is 0 Å². The quantitative estimate of drug-likeness (QED) is 0.281. The van der Waals surface area contributed by atoms with Crippen molar-refractivity contribution in [2.45, 2.75) is 26.4 Å². The second kappa shape index (κ2) is 9.70. The molecule has 5 rings (SSSR count). The van der Waals surface area contributed by atoms with Crippen LogP contribution in [0.3, 0.4) is 0 Å². The lowest BCUT2D eigenvalue weighted by Crippen LogP contribution is -2.23. The van der Waals surface area contributed by atoms with Gasteiger partial charge in [0, 0.05) is 23.2 Å². The lowest BCUT2D eigenvalue weighted by Gasteiger charge is -2.21. The Bertz CT molecular complexity index is 1610. The van der Waals surface area contributed by atoms with Gasteiger partial charge in [-0.15, -0.1) is 0 Å². The number of hydrogen-bond donors (Lipinski definition) is 2. The predicted octanol–water partition coefficient (Wildman–Crippen LogP) is 6.54. The first-order chi connectivity index (χ1) is 17.7. The largest absolute Gasteiger partial charge is 0.488 e. The van der Waals surface area contributed by atoms with E-state index in [0.717, 1.165) is 5.39 Å². The average Bonchev–Trinajstić information content (AvgIpc) is 3.29. The number of pyridine rings is 1. The molecule has 0 atom stereocenters. The number of aromatic nitrogens is 2. The number of nitrogens with one attached hydrogen (secondary N) is 2. The molecule has 0 aliphatic heterocycles. The van der Waals surface area contributed by atoms with Crippen molar-refractivity contribution < 1.29 is 14.3 Å². The van der Waals surface area contributed by atoms with Crippen LogP contribution in [0.25, 0.3) is 16.7 Å². The van der Waals surface area contributed by atoms with Gasteiger partial charge in [0.15, 0.2) is 0 Å². The van der Waals surface area contributed by atoms with Crippen molar-refractivity contribution in [2.24, 2.45) is 0 Å². The standard InChI is InChI=1S/C30H27N3O4/c1-30(2,3)37-24-15-13-22(14-16-24)33-27(34)17-12-20-18-26(32-28(20)33)29(35)31-21-8-7-11-25(19-21)36-23-9-5-4-6-10-23/h4-19,32H,1-3H3,(H,31,35). The Balaban J connectivity index is 1.40. The fraction of sp³-hybridized carbons (Fsp3) is 0.133. The van der Waals surface area contributed by atoms with E-state index >= 15 is 0 Å². The topological polar surface area (TPSA) is 85.3 Å². The smallest absolute Gasteiger partial charge is 0.272 e. The van der Waals surface area contributed by atoms with E-state index in [0.29, 0.717) is 40.0 Å². The van der Waals surface area contributed by atoms with Crippen LogP contribution in [0.1, 0.15) is 31.3 Å². The molecule has 0 fully saturated rings. The molecule has 2 heterocycles. The van der Waals surface area contributed by atoms with Gasteiger partial charge in [-0.05, 0) is 81.4 Å². The zero-order valence-electron chi connectivity index (χ0n) is 20.8. The summed E-state index contributed by atoms with van der Waals surface area (Å²) in [7, 11) is 0. The Morgan fingerprint density at radius 1 is 0.811 bits per heavy atom. The van der Waals surface area contributed by atoms with Crippen LogP contribution in [0, 0.1) is 0 Å². The molecule has 7 heteroatoms. The van der Waals surface area contributed by atoms with Crippen LogP contribution >= 0.6 is 0 Å². The highest BCUT2D eigenvalue weighted by molar-refractivity contribution is 6.05. The van der Waals surface area contributed by atoms with E-state index in [4.69, 9.17) is 9.47 Å². The molecule has 37 heavy (non-hydrogen) atoms. The molecule has 2 aromatic heterocycles. The highest BCUT2D eigenvalue weighted by Crippen LogP contribution is 2.25. The number of nitrogens with zero attached hydrogens (tertiary/aromatic N) is 1. The molecule has 2 N–H and O–H groups in total. The molecule has 0 saturated heterocycles. The fourth-order valence-corrected chi connectivity index (χ4v) is 3.97. The molecular weight excluding hydrogens is 466 g/mol. The van der Waals surface area contributed by atoms with Crippen molar-refractivity contribution in [1.29, 1.82) is 0 Å². The molecule has 186 valence electrons. The number of benzene rings is 3. The van der Waals surface area contributed by atoms with E-state index in [2.05, 4.69) is 10.3 Å². The highest BCUT2D eigenvalue weighted by Gasteiger charge is 2.15. The van der Waals surface area contributed by atoms with Crippen molar-refractivity contribution in [1.82, 2.24) is 9.55 Å². The van der Waals surface area contributed by atoms with Crippen molar-refractivity contribution >= 4 is 22.6 Å². The number of ether oxygens (including phenoxy) is 2. The van der Waals surface area contributed by atoms with Crippen LogP contribution in [0.5, 0.6) is 17.2 Å². The van der Waals surface area contributed by atoms with Crippen LogP contribution in [-0.2, 0) is 0 Å². The lowest BCUT2D eigenvalue weighted by molar-refractivity contribution is 0.102. The van der Waals surface area contributed by atoms with Crippen molar-refractivity contribution in [3.8, 4) is 22.9 Å². The molecule has 3 aromatic carbocycles. The van der Waals surface area contributed by atoms with Gasteiger partial charge in [-0.25, -0.2) is 0 Å². The summed E-state index contributed by atoms with van der Waals surface area (Å²) in [5, 5.41) is 3.63. The monoisotopic (exact) mass is 493 g/mol. The first kappa shape index (κ1) is 23.9. The number of carbonyl (C=O) groups excluding carboxylic acids is 1. The zero-order chi connectivity index (χ0) is 26.0. The number of rotatable bonds is 6. The Morgan fingerprint density at radius 3 is 2.27 bits per heavy atom. The summed E-state index contributed by atoms with van der Waals surface area (Å²) < 4.78 is 13.3. The molecule has 0 bridgehead atoms. The van der Waals surface area contributed by atoms with Gasteiger partial charge >= 0.3 is 0 Å². The zero-order valence-corrected chi connectivity index (χ0v) is 20.8. The number of para-hydroxylation sites is 1. The summed E-state index contributed by atoms with van der Waals surface area (Å²) in [5.41, 5.74) is 1.57. The van der Waals surface area contributed by atoms with Crippen LogP contribution in [0.4, 0.5) is 5.69 Å². The molecule has 0 unspecified atom stereocenters. The number of H-pyrrole nitrogens is 1. The Kier molecular flexibility index (Phi) is 6.27. The van der Waals surface area contributed by atoms with Gasteiger partial charge in [-0.3, -0.25) is 14.2 Å². The summed E-state index contributed by atoms with van der Waals surface area (Å²) in [6, 6.07) is 28.8. The van der Waals surface area contributed by atoms with Gasteiger partial charge in [0.1, 0.15) is 34.2 Å². The van der Waals surface area contributed by atoms with E-state index in [-0.39, 0.29) is 17.1 Å². The van der Waals surface area contributed by atoms with Gasteiger partial charge in [-0.1, -0.05) is 24.3 Å². The summed E-state index contributed by atoms with van der Waals surface area (Å²) in [4.78, 5) is 29.0. The molecule has 1 amide bonds. The molecule has 0 radical (unpaired) electrons. The van der Waals surface area contributed by atoms with E-state index < -0.39 is 0 Å². The number of hydrogen-bond acceptors (Lipinski definition) is 4. The maximum atomic E-state index is 13.1. The molecule has 7 nitrogen and oxygen atoms in total. The Morgan fingerprint density at radius 2 is 1.54 bits per heavy atom. The maximum Gasteiger partial charge on any atom is 0.272 e. The SMILES string of the molecule is CC(C)(C)Oc1ccc(-n2c(=O)ccc3cc(C(=O)Nc4cccc(Oc5ccccc5)c4)[nH]c32)cc1. The van der Waals surface area contributed by atoms with Gasteiger partial charge in [-0.2, -0.15) is 0 Å². The van der Waals surface area contributed by atoms with E-state index in [1.165, 1.54) is 6.07 Å². The maximum absolute atomic E-state index is 13.1. The Hall–Kier alpha value is -4.78. The summed E-state index contributed by atoms with van der Waals surface area (Å²) in [5.74, 6) is 1.69. The van der Waals surface area contributed by atoms with Gasteiger partial charge in [0.05, 0.1) is 5.69 Å². The summed E-state index contributed by atoms with van der Waals surface area (Å²) >= 11 is 0. The fourth-order valence-electron chi connectivity index (χ4n) is 3.97. The molecular formula is C30H27N3O4. The molecule has 5 aromatic rings. The summed E-state index contributed by atoms with van der Waals surface area (Å²) in [6.07, 6.45) is 0. The van der Waals surface area contributed by atoms with Crippen LogP contribution in [-0.4, -0.2) is 21.1 Å². The van der Waals surface area contributed by atoms with Crippen LogP contribution < -0.4 is 20.3 Å². The molecule has 0 aliphatic carbocycles. The first-order valence-electron chi connectivity index (χ1n) is 11.9. The number of anilines is 1. The van der Waals surface area contributed by atoms with Gasteiger partial charge < -0.3 is 19.8 Å². The van der Waals surface area contributed by atoms with Crippen molar-refractivity contribution in [2.75, 3.05) is 5.32 Å². The highest BCUT2D eigenvalue weighted by atomic mass is 16.5. The number of carbonyl (C=O) groups is 1. The van der Waals surface area contributed by atoms with Gasteiger partial charge in [0.25, 0.3) is 11.5 Å². The van der Waals surface area contributed by atoms with Crippen molar-refractivity contribution in [3.63, 3.8) is 0 Å². The van der Waals surface area contributed by atoms with E-state index in [9.17, 15) is 9.59 Å². The third kappa shape index (κ3) is 5.56. The molecule has 0 spiro atoms. The number of amides is 1. The summed E-state index contributed by atoms with van der Waals surface area (Å²) in [6.45, 7) is 5.93. The molecule has 0 aliphatic rings. The minimum absolute atomic E-state index is 0.212. The normalized spacial score (nSPS) is 11.3. The number of aromatic amines is 1. The van der Waals surface area contributed by atoms with Crippen molar-refractivity contribution in [3.05, 3.63) is 113 Å². The number of fused-ring (bicyclic) bond motifs is 1. The van der Waals surface area contributed by atoms with Gasteiger partial charge in [0.2, 0.25) is 0 Å². The second-order valence-corrected chi connectivity index (χ2v) is 9.60. The predicted molar refractivity (Wildman–Crippen MR) is 145 cm³/mol. The Labute approximate surface area is 214 Å². The van der Waals surface area contributed by atoms with E-state index in [1.54, 1.807) is 28.8 Å². The lowest BCUT2D eigenvalue weighted by atomic mass is 10.2. The first-order valence-corrected chi connectivity index (χ1v) is 11.9. The third-order valence-electron chi connectivity index (χ3n) is 5.51. The van der Waals surface area contributed by atoms with Crippen LogP contribution in [0.15, 0.2) is 102 Å². The van der Waals surface area contributed by atoms with E-state index in [1.807, 2.05) is 87.5 Å².